The van der Waals surface area contributed by atoms with Gasteiger partial charge >= 0.3 is 5.76 Å². The molecule has 0 unspecified atom stereocenters. The first kappa shape index (κ1) is 10.2. The van der Waals surface area contributed by atoms with E-state index in [1.165, 1.54) is 29.8 Å². The molecule has 16 heavy (non-hydrogen) atoms. The van der Waals surface area contributed by atoms with Crippen LogP contribution in [-0.4, -0.2) is 16.3 Å². The third kappa shape index (κ3) is 1.40. The van der Waals surface area contributed by atoms with Crippen LogP contribution >= 0.6 is 0 Å². The highest BCUT2D eigenvalue weighted by Gasteiger charge is 2.14. The summed E-state index contributed by atoms with van der Waals surface area (Å²) >= 11 is 0. The summed E-state index contributed by atoms with van der Waals surface area (Å²) in [5, 5.41) is 0. The van der Waals surface area contributed by atoms with Crippen molar-refractivity contribution in [2.24, 2.45) is 12.8 Å². The van der Waals surface area contributed by atoms with Crippen molar-refractivity contribution in [2.75, 3.05) is 0 Å². The van der Waals surface area contributed by atoms with Gasteiger partial charge in [0.2, 0.25) is 5.78 Å². The molecule has 0 bridgehead atoms. The van der Waals surface area contributed by atoms with Crippen molar-refractivity contribution in [1.82, 2.24) is 4.57 Å². The maximum Gasteiger partial charge on any atom is 0.419 e. The predicted octanol–water partition coefficient (Wildman–Crippen LogP) is -0.201. The molecule has 0 aliphatic rings. The fraction of sp³-hybridized carbons (Fsp3) is 0.100. The maximum atomic E-state index is 11.3. The summed E-state index contributed by atoms with van der Waals surface area (Å²) < 4.78 is 6.12. The normalized spacial score (nSPS) is 10.6. The zero-order valence-corrected chi connectivity index (χ0v) is 8.39. The van der Waals surface area contributed by atoms with Gasteiger partial charge in [-0.1, -0.05) is 0 Å². The van der Waals surface area contributed by atoms with Crippen LogP contribution in [0.5, 0.6) is 0 Å². The number of rotatable bonds is 2. The first-order chi connectivity index (χ1) is 7.50. The summed E-state index contributed by atoms with van der Waals surface area (Å²) in [6.07, 6.45) is 0. The molecule has 0 aliphatic heterocycles. The van der Waals surface area contributed by atoms with Gasteiger partial charge in [-0.3, -0.25) is 14.2 Å². The quantitative estimate of drug-likeness (QED) is 0.560. The van der Waals surface area contributed by atoms with Gasteiger partial charge in [-0.25, -0.2) is 4.79 Å². The number of nitrogens with zero attached hydrogens (tertiary/aromatic N) is 1. The lowest BCUT2D eigenvalue weighted by Crippen LogP contribution is -2.23. The molecule has 0 spiro atoms. The molecule has 0 saturated heterocycles. The number of hydrogen-bond acceptors (Lipinski definition) is 4. The summed E-state index contributed by atoms with van der Waals surface area (Å²) in [7, 11) is 1.51. The molecule has 6 nitrogen and oxygen atoms in total. The lowest BCUT2D eigenvalue weighted by atomic mass is 10.1. The van der Waals surface area contributed by atoms with Crippen LogP contribution in [-0.2, 0) is 11.8 Å². The zero-order chi connectivity index (χ0) is 11.9. The van der Waals surface area contributed by atoms with Crippen LogP contribution in [0.3, 0.4) is 0 Å². The lowest BCUT2D eigenvalue weighted by molar-refractivity contribution is -0.114. The third-order valence-corrected chi connectivity index (χ3v) is 2.28. The molecular weight excluding hydrogens is 212 g/mol. The number of fused-ring (bicyclic) bond motifs is 1. The molecule has 1 aromatic carbocycles. The van der Waals surface area contributed by atoms with Crippen molar-refractivity contribution in [2.45, 2.75) is 0 Å². The second-order valence-corrected chi connectivity index (χ2v) is 3.30. The number of Topliss-reactive ketones (excluding diaryl/α,β-unsaturated/α-hetero) is 1. The van der Waals surface area contributed by atoms with Crippen molar-refractivity contribution in [3.8, 4) is 0 Å². The van der Waals surface area contributed by atoms with Crippen LogP contribution in [0.4, 0.5) is 0 Å². The Hall–Kier alpha value is -2.37. The molecule has 0 atom stereocenters. The fourth-order valence-corrected chi connectivity index (χ4v) is 1.41. The molecule has 0 fully saturated rings. The van der Waals surface area contributed by atoms with E-state index >= 15 is 0 Å². The number of amides is 1. The molecule has 82 valence electrons. The molecular formula is C10H8N2O4. The topological polar surface area (TPSA) is 95.3 Å². The summed E-state index contributed by atoms with van der Waals surface area (Å²) in [6, 6.07) is 4.23. The van der Waals surface area contributed by atoms with E-state index < -0.39 is 17.4 Å². The molecule has 6 heteroatoms. The van der Waals surface area contributed by atoms with Gasteiger partial charge in [-0.2, -0.15) is 0 Å². The number of aryl methyl sites for hydroxylation is 1. The van der Waals surface area contributed by atoms with Crippen molar-refractivity contribution in [1.29, 1.82) is 0 Å². The summed E-state index contributed by atoms with van der Waals surface area (Å²) in [5.41, 5.74) is 5.81. The maximum absolute atomic E-state index is 11.3. The number of ketones is 1. The Kier molecular flexibility index (Phi) is 2.12. The van der Waals surface area contributed by atoms with Crippen molar-refractivity contribution in [3.63, 3.8) is 0 Å². The molecule has 0 saturated carbocycles. The van der Waals surface area contributed by atoms with Crippen LogP contribution in [0, 0.1) is 0 Å². The molecule has 2 aromatic rings. The van der Waals surface area contributed by atoms with Crippen LogP contribution in [0.25, 0.3) is 11.1 Å². The Labute approximate surface area is 89.3 Å². The molecule has 0 radical (unpaired) electrons. The SMILES string of the molecule is Cn1c(=O)oc2ccc(C(=O)C(N)=O)cc21. The van der Waals surface area contributed by atoms with Gasteiger partial charge in [0.1, 0.15) is 0 Å². The van der Waals surface area contributed by atoms with Crippen LogP contribution in [0.1, 0.15) is 10.4 Å². The minimum absolute atomic E-state index is 0.136. The Morgan fingerprint density at radius 3 is 2.69 bits per heavy atom. The molecule has 1 amide bonds. The molecule has 1 aromatic heterocycles. The number of primary amides is 1. The number of oxazole rings is 1. The minimum Gasteiger partial charge on any atom is -0.408 e. The molecule has 1 heterocycles. The zero-order valence-electron chi connectivity index (χ0n) is 8.39. The lowest BCUT2D eigenvalue weighted by Gasteiger charge is -1.97. The third-order valence-electron chi connectivity index (χ3n) is 2.28. The van der Waals surface area contributed by atoms with Gasteiger partial charge < -0.3 is 10.2 Å². The van der Waals surface area contributed by atoms with Gasteiger partial charge in [-0.05, 0) is 18.2 Å². The fourth-order valence-electron chi connectivity index (χ4n) is 1.41. The number of nitrogens with two attached hydrogens (primary N) is 1. The minimum atomic E-state index is -1.03. The number of carbonyl (C=O) groups is 2. The molecule has 2 rings (SSSR count). The Morgan fingerprint density at radius 1 is 1.38 bits per heavy atom. The van der Waals surface area contributed by atoms with E-state index in [0.29, 0.717) is 11.1 Å². The van der Waals surface area contributed by atoms with Gasteiger partial charge in [0.15, 0.2) is 5.58 Å². The van der Waals surface area contributed by atoms with Gasteiger partial charge in [0, 0.05) is 12.6 Å². The number of hydrogen-bond donors (Lipinski definition) is 1. The Balaban J connectivity index is 2.68. The smallest absolute Gasteiger partial charge is 0.408 e. The van der Waals surface area contributed by atoms with E-state index in [-0.39, 0.29) is 5.56 Å². The van der Waals surface area contributed by atoms with E-state index in [1.54, 1.807) is 0 Å². The molecule has 0 aliphatic carbocycles. The van der Waals surface area contributed by atoms with Crippen molar-refractivity contribution in [3.05, 3.63) is 34.3 Å². The van der Waals surface area contributed by atoms with Gasteiger partial charge in [0.05, 0.1) is 5.52 Å². The summed E-state index contributed by atoms with van der Waals surface area (Å²) in [5.74, 6) is -2.36. The van der Waals surface area contributed by atoms with E-state index in [9.17, 15) is 14.4 Å². The van der Waals surface area contributed by atoms with Gasteiger partial charge in [-0.15, -0.1) is 0 Å². The van der Waals surface area contributed by atoms with Crippen LogP contribution in [0.15, 0.2) is 27.4 Å². The highest BCUT2D eigenvalue weighted by Crippen LogP contribution is 2.14. The standard InChI is InChI=1S/C10H8N2O4/c1-12-6-4-5(8(13)9(11)14)2-3-7(6)16-10(12)15/h2-4H,1H3,(H2,11,14). The number of benzene rings is 1. The Bertz CT molecular complexity index is 650. The average Bonchev–Trinajstić information content (AvgIpc) is 2.53. The van der Waals surface area contributed by atoms with Crippen molar-refractivity contribution >= 4 is 22.8 Å². The summed E-state index contributed by atoms with van der Waals surface area (Å²) in [4.78, 5) is 33.2. The Morgan fingerprint density at radius 2 is 2.06 bits per heavy atom. The van der Waals surface area contributed by atoms with E-state index in [0.717, 1.165) is 0 Å². The van der Waals surface area contributed by atoms with Crippen molar-refractivity contribution < 1.29 is 14.0 Å². The average molecular weight is 220 g/mol. The first-order valence-corrected chi connectivity index (χ1v) is 4.44. The van der Waals surface area contributed by atoms with E-state index in [1.807, 2.05) is 0 Å². The van der Waals surface area contributed by atoms with Crippen LogP contribution in [0.2, 0.25) is 0 Å². The van der Waals surface area contributed by atoms with Gasteiger partial charge in [0.25, 0.3) is 5.91 Å². The monoisotopic (exact) mass is 220 g/mol. The highest BCUT2D eigenvalue weighted by atomic mass is 16.4. The molecule has 2 N–H and O–H groups in total. The first-order valence-electron chi connectivity index (χ1n) is 4.44. The largest absolute Gasteiger partial charge is 0.419 e. The second-order valence-electron chi connectivity index (χ2n) is 3.30. The predicted molar refractivity (Wildman–Crippen MR) is 55.0 cm³/mol. The number of aromatic nitrogens is 1. The number of carbonyl (C=O) groups excluding carboxylic acids is 2. The second kappa shape index (κ2) is 3.34. The summed E-state index contributed by atoms with van der Waals surface area (Å²) in [6.45, 7) is 0. The van der Waals surface area contributed by atoms with Crippen LogP contribution < -0.4 is 11.5 Å². The highest BCUT2D eigenvalue weighted by molar-refractivity contribution is 6.42. The van der Waals surface area contributed by atoms with E-state index in [2.05, 4.69) is 0 Å². The van der Waals surface area contributed by atoms with E-state index in [4.69, 9.17) is 10.2 Å².